The van der Waals surface area contributed by atoms with Gasteiger partial charge in [0.05, 0.1) is 11.8 Å². The third-order valence-corrected chi connectivity index (χ3v) is 3.83. The van der Waals surface area contributed by atoms with Gasteiger partial charge in [-0.3, -0.25) is 9.78 Å². The molecule has 0 saturated carbocycles. The van der Waals surface area contributed by atoms with Crippen molar-refractivity contribution < 1.29 is 9.90 Å². The predicted octanol–water partition coefficient (Wildman–Crippen LogP) is 0.674. The Bertz CT molecular complexity index is 467. The maximum atomic E-state index is 12.4. The molecule has 0 unspecified atom stereocenters. The summed E-state index contributed by atoms with van der Waals surface area (Å²) in [7, 11) is 0. The highest BCUT2D eigenvalue weighted by atomic mass is 16.3. The van der Waals surface area contributed by atoms with Crippen LogP contribution in [0.15, 0.2) is 18.5 Å². The summed E-state index contributed by atoms with van der Waals surface area (Å²) < 4.78 is 0. The number of aromatic nitrogens is 1. The summed E-state index contributed by atoms with van der Waals surface area (Å²) in [5.41, 5.74) is 5.85. The van der Waals surface area contributed by atoms with E-state index in [-0.39, 0.29) is 11.7 Å². The summed E-state index contributed by atoms with van der Waals surface area (Å²) in [6.45, 7) is 5.09. The van der Waals surface area contributed by atoms with Crippen molar-refractivity contribution in [3.8, 4) is 5.75 Å². The molecule has 0 aromatic carbocycles. The molecule has 116 valence electrons. The largest absolute Gasteiger partial charge is 0.505 e. The molecule has 21 heavy (non-hydrogen) atoms. The molecule has 1 saturated heterocycles. The molecule has 0 spiro atoms. The Morgan fingerprint density at radius 1 is 1.29 bits per heavy atom. The molecule has 6 heteroatoms. The Kier molecular flexibility index (Phi) is 5.95. The summed E-state index contributed by atoms with van der Waals surface area (Å²) in [6.07, 6.45) is 5.95. The average Bonchev–Trinajstić information content (AvgIpc) is 2.73. The normalized spacial score (nSPS) is 16.7. The molecule has 0 aliphatic carbocycles. The Morgan fingerprint density at radius 2 is 2.14 bits per heavy atom. The second-order valence-electron chi connectivity index (χ2n) is 5.38. The highest BCUT2D eigenvalue weighted by molar-refractivity contribution is 5.96. The minimum atomic E-state index is -0.112. The molecule has 3 N–H and O–H groups in total. The van der Waals surface area contributed by atoms with Gasteiger partial charge in [0.1, 0.15) is 5.75 Å². The quantitative estimate of drug-likeness (QED) is 0.780. The molecule has 1 fully saturated rings. The van der Waals surface area contributed by atoms with Gasteiger partial charge in [-0.25, -0.2) is 0 Å². The van der Waals surface area contributed by atoms with Crippen LogP contribution in [0.4, 0.5) is 0 Å². The van der Waals surface area contributed by atoms with Crippen molar-refractivity contribution in [3.63, 3.8) is 0 Å². The van der Waals surface area contributed by atoms with Crippen LogP contribution in [0.5, 0.6) is 5.75 Å². The molecule has 0 radical (unpaired) electrons. The number of hydrogen-bond acceptors (Lipinski definition) is 5. The maximum Gasteiger partial charge on any atom is 0.257 e. The molecule has 1 aromatic rings. The van der Waals surface area contributed by atoms with Gasteiger partial charge in [-0.1, -0.05) is 0 Å². The van der Waals surface area contributed by atoms with Crippen molar-refractivity contribution in [3.05, 3.63) is 24.0 Å². The van der Waals surface area contributed by atoms with E-state index in [0.717, 1.165) is 52.0 Å². The fourth-order valence-electron chi connectivity index (χ4n) is 2.61. The molecule has 0 bridgehead atoms. The van der Waals surface area contributed by atoms with Gasteiger partial charge in [0.25, 0.3) is 5.91 Å². The lowest BCUT2D eigenvalue weighted by molar-refractivity contribution is 0.0758. The predicted molar refractivity (Wildman–Crippen MR) is 81.2 cm³/mol. The van der Waals surface area contributed by atoms with Crippen LogP contribution in [0.25, 0.3) is 0 Å². The molecule has 1 aliphatic heterocycles. The van der Waals surface area contributed by atoms with E-state index in [1.807, 2.05) is 4.90 Å². The summed E-state index contributed by atoms with van der Waals surface area (Å²) >= 11 is 0. The van der Waals surface area contributed by atoms with Crippen LogP contribution < -0.4 is 5.73 Å². The lowest BCUT2D eigenvalue weighted by Crippen LogP contribution is -2.35. The van der Waals surface area contributed by atoms with Gasteiger partial charge in [-0.2, -0.15) is 0 Å². The SMILES string of the molecule is NCCCCN1CCCN(C(=O)c2ccncc2O)CC1. The lowest BCUT2D eigenvalue weighted by atomic mass is 10.2. The first-order valence-electron chi connectivity index (χ1n) is 7.57. The van der Waals surface area contributed by atoms with Crippen LogP contribution >= 0.6 is 0 Å². The first kappa shape index (κ1) is 15.7. The summed E-state index contributed by atoms with van der Waals surface area (Å²) in [4.78, 5) is 20.5. The first-order chi connectivity index (χ1) is 10.2. The summed E-state index contributed by atoms with van der Waals surface area (Å²) in [6, 6.07) is 1.57. The van der Waals surface area contributed by atoms with Crippen LogP contribution in [0.2, 0.25) is 0 Å². The van der Waals surface area contributed by atoms with Crippen LogP contribution in [0, 0.1) is 0 Å². The zero-order valence-corrected chi connectivity index (χ0v) is 12.4. The molecule has 0 atom stereocenters. The van der Waals surface area contributed by atoms with E-state index >= 15 is 0 Å². The zero-order chi connectivity index (χ0) is 15.1. The Balaban J connectivity index is 1.90. The number of carbonyl (C=O) groups excluding carboxylic acids is 1. The van der Waals surface area contributed by atoms with Crippen LogP contribution in [0.3, 0.4) is 0 Å². The zero-order valence-electron chi connectivity index (χ0n) is 12.4. The van der Waals surface area contributed by atoms with Gasteiger partial charge in [0, 0.05) is 25.8 Å². The van der Waals surface area contributed by atoms with Crippen molar-refractivity contribution in [2.75, 3.05) is 39.3 Å². The van der Waals surface area contributed by atoms with Crippen LogP contribution in [-0.2, 0) is 0 Å². The summed E-state index contributed by atoms with van der Waals surface area (Å²) in [5.74, 6) is -0.162. The van der Waals surface area contributed by atoms with Crippen LogP contribution in [0.1, 0.15) is 29.6 Å². The second-order valence-corrected chi connectivity index (χ2v) is 5.38. The van der Waals surface area contributed by atoms with Gasteiger partial charge in [-0.05, 0) is 45.0 Å². The minimum Gasteiger partial charge on any atom is -0.505 e. The number of amides is 1. The molecule has 1 amide bonds. The highest BCUT2D eigenvalue weighted by Crippen LogP contribution is 2.17. The number of aromatic hydroxyl groups is 1. The number of nitrogens with two attached hydrogens (primary N) is 1. The number of unbranched alkanes of at least 4 members (excludes halogenated alkanes) is 1. The van der Waals surface area contributed by atoms with Crippen molar-refractivity contribution >= 4 is 5.91 Å². The van der Waals surface area contributed by atoms with Gasteiger partial charge in [0.15, 0.2) is 0 Å². The van der Waals surface area contributed by atoms with Gasteiger partial charge in [-0.15, -0.1) is 0 Å². The van der Waals surface area contributed by atoms with Gasteiger partial charge < -0.3 is 20.6 Å². The highest BCUT2D eigenvalue weighted by Gasteiger charge is 2.21. The van der Waals surface area contributed by atoms with E-state index in [2.05, 4.69) is 9.88 Å². The van der Waals surface area contributed by atoms with E-state index in [9.17, 15) is 9.90 Å². The number of rotatable bonds is 5. The number of carbonyl (C=O) groups is 1. The van der Waals surface area contributed by atoms with E-state index in [4.69, 9.17) is 5.73 Å². The monoisotopic (exact) mass is 292 g/mol. The fourth-order valence-corrected chi connectivity index (χ4v) is 2.61. The van der Waals surface area contributed by atoms with E-state index in [1.165, 1.54) is 12.4 Å². The Labute approximate surface area is 125 Å². The molecule has 6 nitrogen and oxygen atoms in total. The van der Waals surface area contributed by atoms with E-state index in [1.54, 1.807) is 6.07 Å². The molecule has 2 heterocycles. The van der Waals surface area contributed by atoms with Gasteiger partial charge in [0.2, 0.25) is 0 Å². The number of hydrogen-bond donors (Lipinski definition) is 2. The van der Waals surface area contributed by atoms with E-state index in [0.29, 0.717) is 12.1 Å². The average molecular weight is 292 g/mol. The first-order valence-corrected chi connectivity index (χ1v) is 7.57. The molecule has 1 aromatic heterocycles. The molecular formula is C15H24N4O2. The lowest BCUT2D eigenvalue weighted by Gasteiger charge is -2.22. The Morgan fingerprint density at radius 3 is 2.90 bits per heavy atom. The minimum absolute atomic E-state index is 0.0495. The standard InChI is InChI=1S/C15H24N4O2/c16-5-1-2-7-18-8-3-9-19(11-10-18)15(21)13-4-6-17-12-14(13)20/h4,6,12,20H,1-3,5,7-11,16H2. The molecule has 2 rings (SSSR count). The number of pyridine rings is 1. The third kappa shape index (κ3) is 4.41. The van der Waals surface area contributed by atoms with E-state index < -0.39 is 0 Å². The smallest absolute Gasteiger partial charge is 0.257 e. The second kappa shape index (κ2) is 7.95. The van der Waals surface area contributed by atoms with Crippen molar-refractivity contribution in [1.29, 1.82) is 0 Å². The van der Waals surface area contributed by atoms with Crippen molar-refractivity contribution in [2.24, 2.45) is 5.73 Å². The summed E-state index contributed by atoms with van der Waals surface area (Å²) in [5, 5.41) is 9.74. The van der Waals surface area contributed by atoms with Crippen LogP contribution in [-0.4, -0.2) is 65.1 Å². The Hall–Kier alpha value is -1.66. The third-order valence-electron chi connectivity index (χ3n) is 3.83. The fraction of sp³-hybridized carbons (Fsp3) is 0.600. The van der Waals surface area contributed by atoms with Crippen molar-refractivity contribution in [2.45, 2.75) is 19.3 Å². The van der Waals surface area contributed by atoms with Gasteiger partial charge >= 0.3 is 0 Å². The topological polar surface area (TPSA) is 82.7 Å². The molecular weight excluding hydrogens is 268 g/mol. The maximum absolute atomic E-state index is 12.4. The molecule has 1 aliphatic rings. The van der Waals surface area contributed by atoms with Crippen molar-refractivity contribution in [1.82, 2.24) is 14.8 Å². The number of nitrogens with zero attached hydrogens (tertiary/aromatic N) is 3.